The van der Waals surface area contributed by atoms with Crippen molar-refractivity contribution in [2.45, 2.75) is 5.92 Å². The summed E-state index contributed by atoms with van der Waals surface area (Å²) in [6.45, 7) is 0. The van der Waals surface area contributed by atoms with E-state index in [1.54, 1.807) is 72.8 Å². The molecule has 0 saturated carbocycles. The molecule has 8 aromatic carbocycles. The second kappa shape index (κ2) is 14.0. The molecule has 1 heterocycles. The lowest BCUT2D eigenvalue weighted by molar-refractivity contribution is 0.455. The standard InChI is InChI=1S/C45H28I2O7/c46-38-23-27(24-39(47)45(38)53-33-13-7-30(50)8-14-33)42-43-36-17-15-34(51-31-9-3-28(48)4-10-31)21-25(36)1-19-40(43)54-41-20-2-26-22-35(16-18-37(26)44(41)42)52-32-11-5-29(49)6-12-32/h1-24,42,48-50H. The number of fused-ring (bicyclic) bond motifs is 6. The fraction of sp³-hybridized carbons (Fsp3) is 0.0222. The Bertz CT molecular complexity index is 2550. The predicted octanol–water partition coefficient (Wildman–Crippen LogP) is 13.0. The lowest BCUT2D eigenvalue weighted by atomic mass is 9.78. The first-order chi connectivity index (χ1) is 26.3. The zero-order valence-corrected chi connectivity index (χ0v) is 32.5. The molecule has 8 aromatic rings. The lowest BCUT2D eigenvalue weighted by Crippen LogP contribution is -2.13. The summed E-state index contributed by atoms with van der Waals surface area (Å²) < 4.78 is 27.3. The minimum Gasteiger partial charge on any atom is -0.508 e. The molecule has 9 heteroatoms. The fourth-order valence-corrected chi connectivity index (χ4v) is 8.93. The van der Waals surface area contributed by atoms with Crippen molar-refractivity contribution in [2.75, 3.05) is 0 Å². The van der Waals surface area contributed by atoms with Gasteiger partial charge in [-0.05, 0) is 194 Å². The van der Waals surface area contributed by atoms with Crippen LogP contribution in [-0.2, 0) is 0 Å². The zero-order chi connectivity index (χ0) is 36.9. The SMILES string of the molecule is Oc1ccc(Oc2ccc3c4c(ccc3c2)Oc2ccc3cc(Oc5ccc(O)cc5)ccc3c2C4c2cc(I)c(Oc3ccc(O)cc3)c(I)c2)cc1. The molecule has 0 amide bonds. The molecule has 0 unspecified atom stereocenters. The smallest absolute Gasteiger partial charge is 0.154 e. The van der Waals surface area contributed by atoms with Crippen LogP contribution in [-0.4, -0.2) is 15.3 Å². The van der Waals surface area contributed by atoms with Gasteiger partial charge in [-0.2, -0.15) is 0 Å². The van der Waals surface area contributed by atoms with E-state index < -0.39 is 0 Å². The number of aromatic hydroxyl groups is 3. The molecule has 1 aliphatic heterocycles. The van der Waals surface area contributed by atoms with E-state index in [0.29, 0.717) is 28.7 Å². The summed E-state index contributed by atoms with van der Waals surface area (Å²) in [6.07, 6.45) is 0. The van der Waals surface area contributed by atoms with Gasteiger partial charge in [-0.1, -0.05) is 24.3 Å². The van der Waals surface area contributed by atoms with Gasteiger partial charge in [0.15, 0.2) is 5.75 Å². The quantitative estimate of drug-likeness (QED) is 0.137. The molecule has 0 bridgehead atoms. The van der Waals surface area contributed by atoms with Gasteiger partial charge in [0.1, 0.15) is 57.5 Å². The Morgan fingerprint density at radius 2 is 0.815 bits per heavy atom. The molecule has 0 fully saturated rings. The van der Waals surface area contributed by atoms with E-state index in [1.165, 1.54) is 0 Å². The average molecular weight is 935 g/mol. The maximum atomic E-state index is 9.81. The van der Waals surface area contributed by atoms with E-state index in [-0.39, 0.29) is 23.2 Å². The molecule has 0 aromatic heterocycles. The molecule has 0 saturated heterocycles. The third-order valence-electron chi connectivity index (χ3n) is 9.34. The summed E-state index contributed by atoms with van der Waals surface area (Å²) in [4.78, 5) is 0. The molecule has 9 rings (SSSR count). The van der Waals surface area contributed by atoms with Gasteiger partial charge in [0.05, 0.1) is 7.14 Å². The Hall–Kier alpha value is -5.66. The maximum absolute atomic E-state index is 9.81. The van der Waals surface area contributed by atoms with Crippen LogP contribution in [0.5, 0.6) is 63.2 Å². The summed E-state index contributed by atoms with van der Waals surface area (Å²) in [6, 6.07) is 44.7. The van der Waals surface area contributed by atoms with Crippen molar-refractivity contribution < 1.29 is 34.3 Å². The van der Waals surface area contributed by atoms with Crippen molar-refractivity contribution in [2.24, 2.45) is 0 Å². The van der Waals surface area contributed by atoms with Crippen LogP contribution >= 0.6 is 45.2 Å². The summed E-state index contributed by atoms with van der Waals surface area (Å²) >= 11 is 4.67. The molecule has 264 valence electrons. The van der Waals surface area contributed by atoms with Crippen molar-refractivity contribution in [3.05, 3.63) is 169 Å². The van der Waals surface area contributed by atoms with E-state index >= 15 is 0 Å². The van der Waals surface area contributed by atoms with Gasteiger partial charge in [-0.15, -0.1) is 0 Å². The third-order valence-corrected chi connectivity index (χ3v) is 10.9. The third kappa shape index (κ3) is 6.58. The number of halogens is 2. The second-order valence-corrected chi connectivity index (χ2v) is 15.2. The lowest BCUT2D eigenvalue weighted by Gasteiger charge is -2.31. The normalized spacial score (nSPS) is 12.2. The van der Waals surface area contributed by atoms with Gasteiger partial charge in [0.2, 0.25) is 0 Å². The zero-order valence-electron chi connectivity index (χ0n) is 28.2. The van der Waals surface area contributed by atoms with Crippen molar-refractivity contribution in [1.29, 1.82) is 0 Å². The van der Waals surface area contributed by atoms with Crippen LogP contribution < -0.4 is 18.9 Å². The number of hydrogen-bond donors (Lipinski definition) is 3. The Kier molecular flexibility index (Phi) is 8.82. The van der Waals surface area contributed by atoms with Crippen LogP contribution in [0.1, 0.15) is 22.6 Å². The molecule has 0 atom stereocenters. The van der Waals surface area contributed by atoms with Crippen molar-refractivity contribution in [3.8, 4) is 63.2 Å². The highest BCUT2D eigenvalue weighted by molar-refractivity contribution is 14.1. The van der Waals surface area contributed by atoms with Crippen LogP contribution in [0.4, 0.5) is 0 Å². The first kappa shape index (κ1) is 34.1. The Morgan fingerprint density at radius 3 is 1.24 bits per heavy atom. The maximum Gasteiger partial charge on any atom is 0.154 e. The molecule has 7 nitrogen and oxygen atoms in total. The van der Waals surface area contributed by atoms with Crippen molar-refractivity contribution in [3.63, 3.8) is 0 Å². The van der Waals surface area contributed by atoms with Crippen LogP contribution in [0.3, 0.4) is 0 Å². The van der Waals surface area contributed by atoms with E-state index in [4.69, 9.17) is 18.9 Å². The predicted molar refractivity (Wildman–Crippen MR) is 225 cm³/mol. The van der Waals surface area contributed by atoms with Crippen LogP contribution in [0.2, 0.25) is 0 Å². The fourth-order valence-electron chi connectivity index (χ4n) is 6.90. The summed E-state index contributed by atoms with van der Waals surface area (Å²) in [5.41, 5.74) is 3.14. The molecular weight excluding hydrogens is 906 g/mol. The second-order valence-electron chi connectivity index (χ2n) is 12.9. The first-order valence-corrected chi connectivity index (χ1v) is 19.1. The van der Waals surface area contributed by atoms with Gasteiger partial charge in [0.25, 0.3) is 0 Å². The molecular formula is C45H28I2O7. The van der Waals surface area contributed by atoms with Gasteiger partial charge in [-0.25, -0.2) is 0 Å². The number of phenols is 3. The Morgan fingerprint density at radius 1 is 0.426 bits per heavy atom. The molecule has 0 spiro atoms. The van der Waals surface area contributed by atoms with Crippen LogP contribution in [0.25, 0.3) is 21.5 Å². The highest BCUT2D eigenvalue weighted by atomic mass is 127. The minimum atomic E-state index is -0.228. The van der Waals surface area contributed by atoms with E-state index in [2.05, 4.69) is 81.6 Å². The molecule has 3 N–H and O–H groups in total. The number of hydrogen-bond acceptors (Lipinski definition) is 7. The van der Waals surface area contributed by atoms with E-state index in [1.807, 2.05) is 36.4 Å². The highest BCUT2D eigenvalue weighted by Crippen LogP contribution is 2.53. The number of phenolic OH excluding ortho intramolecular Hbond substituents is 3. The summed E-state index contributed by atoms with van der Waals surface area (Å²) in [5, 5.41) is 33.3. The van der Waals surface area contributed by atoms with Gasteiger partial charge in [-0.3, -0.25) is 0 Å². The Labute approximate surface area is 337 Å². The van der Waals surface area contributed by atoms with Gasteiger partial charge < -0.3 is 34.3 Å². The van der Waals surface area contributed by atoms with E-state index in [9.17, 15) is 15.3 Å². The molecule has 0 radical (unpaired) electrons. The summed E-state index contributed by atoms with van der Waals surface area (Å²) in [7, 11) is 0. The van der Waals surface area contributed by atoms with E-state index in [0.717, 1.165) is 62.6 Å². The van der Waals surface area contributed by atoms with Crippen LogP contribution in [0, 0.1) is 7.14 Å². The first-order valence-electron chi connectivity index (χ1n) is 17.0. The van der Waals surface area contributed by atoms with Crippen LogP contribution in [0.15, 0.2) is 146 Å². The van der Waals surface area contributed by atoms with Crippen molar-refractivity contribution >= 4 is 66.7 Å². The minimum absolute atomic E-state index is 0.177. The monoisotopic (exact) mass is 934 g/mol. The number of benzene rings is 8. The van der Waals surface area contributed by atoms with Crippen molar-refractivity contribution in [1.82, 2.24) is 0 Å². The van der Waals surface area contributed by atoms with Gasteiger partial charge >= 0.3 is 0 Å². The number of rotatable bonds is 7. The molecule has 0 aliphatic carbocycles. The topological polar surface area (TPSA) is 97.6 Å². The number of ether oxygens (including phenoxy) is 4. The average Bonchev–Trinajstić information content (AvgIpc) is 3.17. The largest absolute Gasteiger partial charge is 0.508 e. The summed E-state index contributed by atoms with van der Waals surface area (Å²) in [5.74, 6) is 5.81. The molecule has 1 aliphatic rings. The molecule has 54 heavy (non-hydrogen) atoms. The Balaban J connectivity index is 1.19. The highest BCUT2D eigenvalue weighted by Gasteiger charge is 2.33. The van der Waals surface area contributed by atoms with Gasteiger partial charge in [0, 0.05) is 17.0 Å².